The van der Waals surface area contributed by atoms with Crippen molar-refractivity contribution >= 4 is 23.2 Å². The number of aromatic nitrogens is 2. The molecular weight excluding hydrogens is 346 g/mol. The van der Waals surface area contributed by atoms with Crippen LogP contribution in [0.4, 0.5) is 5.69 Å². The highest BCUT2D eigenvalue weighted by Gasteiger charge is 2.14. The summed E-state index contributed by atoms with van der Waals surface area (Å²) in [5.41, 5.74) is 1.32. The van der Waals surface area contributed by atoms with Gasteiger partial charge >= 0.3 is 0 Å². The molecule has 8 heteroatoms. The number of anilines is 1. The van der Waals surface area contributed by atoms with Crippen LogP contribution >= 0.6 is 11.6 Å². The van der Waals surface area contributed by atoms with Gasteiger partial charge in [0.15, 0.2) is 11.5 Å². The lowest BCUT2D eigenvalue weighted by molar-refractivity contribution is -0.116. The SMILES string of the molecule is COc1cc(Cl)c(NC(=O)CCc2c(C)nc(C)[nH]c2=O)cc1OC. The molecule has 2 aromatic rings. The van der Waals surface area contributed by atoms with Crippen molar-refractivity contribution < 1.29 is 14.3 Å². The molecule has 0 saturated carbocycles. The van der Waals surface area contributed by atoms with Crippen LogP contribution in [0.1, 0.15) is 23.5 Å². The van der Waals surface area contributed by atoms with Gasteiger partial charge in [0, 0.05) is 29.8 Å². The Hall–Kier alpha value is -2.54. The summed E-state index contributed by atoms with van der Waals surface area (Å²) in [6.07, 6.45) is 0.407. The molecule has 0 fully saturated rings. The smallest absolute Gasteiger partial charge is 0.254 e. The second-order valence-electron chi connectivity index (χ2n) is 5.45. The van der Waals surface area contributed by atoms with Gasteiger partial charge in [-0.05, 0) is 20.3 Å². The predicted molar refractivity (Wildman–Crippen MR) is 95.8 cm³/mol. The lowest BCUT2D eigenvalue weighted by Crippen LogP contribution is -2.20. The third kappa shape index (κ3) is 4.51. The maximum absolute atomic E-state index is 12.2. The van der Waals surface area contributed by atoms with Crippen LogP contribution < -0.4 is 20.3 Å². The summed E-state index contributed by atoms with van der Waals surface area (Å²) in [4.78, 5) is 31.0. The van der Waals surface area contributed by atoms with E-state index in [0.29, 0.717) is 39.3 Å². The number of halogens is 1. The van der Waals surface area contributed by atoms with Gasteiger partial charge in [-0.15, -0.1) is 0 Å². The van der Waals surface area contributed by atoms with Gasteiger partial charge in [0.1, 0.15) is 5.82 Å². The molecule has 2 rings (SSSR count). The number of H-pyrrole nitrogens is 1. The van der Waals surface area contributed by atoms with Crippen molar-refractivity contribution in [3.05, 3.63) is 44.6 Å². The maximum atomic E-state index is 12.2. The number of nitrogens with one attached hydrogen (secondary N) is 2. The number of ether oxygens (including phenoxy) is 2. The van der Waals surface area contributed by atoms with E-state index in [-0.39, 0.29) is 24.3 Å². The van der Waals surface area contributed by atoms with Gasteiger partial charge in [-0.1, -0.05) is 11.6 Å². The molecule has 134 valence electrons. The van der Waals surface area contributed by atoms with E-state index in [1.165, 1.54) is 14.2 Å². The number of carbonyl (C=O) groups excluding carboxylic acids is 1. The summed E-state index contributed by atoms with van der Waals surface area (Å²) in [5, 5.41) is 3.05. The molecule has 1 aromatic carbocycles. The molecule has 2 N–H and O–H groups in total. The third-order valence-electron chi connectivity index (χ3n) is 3.69. The highest BCUT2D eigenvalue weighted by atomic mass is 35.5. The Balaban J connectivity index is 2.10. The molecule has 1 heterocycles. The topological polar surface area (TPSA) is 93.3 Å². The highest BCUT2D eigenvalue weighted by Crippen LogP contribution is 2.36. The van der Waals surface area contributed by atoms with E-state index in [2.05, 4.69) is 15.3 Å². The first-order valence-electron chi connectivity index (χ1n) is 7.63. The summed E-state index contributed by atoms with van der Waals surface area (Å²) in [5.74, 6) is 1.21. The van der Waals surface area contributed by atoms with E-state index in [1.807, 2.05) is 0 Å². The summed E-state index contributed by atoms with van der Waals surface area (Å²) >= 11 is 6.15. The van der Waals surface area contributed by atoms with Crippen molar-refractivity contribution in [1.29, 1.82) is 0 Å². The minimum absolute atomic E-state index is 0.124. The standard InChI is InChI=1S/C17H20ClN3O4/c1-9-11(17(23)20-10(2)19-9)5-6-16(22)21-13-8-15(25-4)14(24-3)7-12(13)18/h7-8H,5-6H2,1-4H3,(H,21,22)(H,19,20,23). The first-order valence-corrected chi connectivity index (χ1v) is 8.01. The van der Waals surface area contributed by atoms with E-state index in [0.717, 1.165) is 0 Å². The molecule has 0 bridgehead atoms. The predicted octanol–water partition coefficient (Wildman–Crippen LogP) is 2.63. The molecule has 0 aliphatic rings. The van der Waals surface area contributed by atoms with Gasteiger partial charge in [-0.25, -0.2) is 4.98 Å². The van der Waals surface area contributed by atoms with E-state index >= 15 is 0 Å². The van der Waals surface area contributed by atoms with Gasteiger partial charge < -0.3 is 19.8 Å². The molecule has 0 spiro atoms. The molecule has 0 saturated heterocycles. The summed E-state index contributed by atoms with van der Waals surface area (Å²) in [6.45, 7) is 3.46. The van der Waals surface area contributed by atoms with Gasteiger partial charge in [0.25, 0.3) is 5.56 Å². The van der Waals surface area contributed by atoms with Crippen LogP contribution in [0.3, 0.4) is 0 Å². The minimum atomic E-state index is -0.270. The molecule has 0 aliphatic heterocycles. The normalized spacial score (nSPS) is 10.4. The zero-order valence-corrected chi connectivity index (χ0v) is 15.3. The van der Waals surface area contributed by atoms with Crippen molar-refractivity contribution in [2.75, 3.05) is 19.5 Å². The molecule has 1 amide bonds. The molecular formula is C17H20ClN3O4. The van der Waals surface area contributed by atoms with Gasteiger partial charge in [-0.2, -0.15) is 0 Å². The van der Waals surface area contributed by atoms with Crippen LogP contribution in [0.25, 0.3) is 0 Å². The van der Waals surface area contributed by atoms with Crippen LogP contribution in [-0.4, -0.2) is 30.1 Å². The molecule has 0 unspecified atom stereocenters. The van der Waals surface area contributed by atoms with Crippen molar-refractivity contribution in [2.24, 2.45) is 0 Å². The molecule has 7 nitrogen and oxygen atoms in total. The second-order valence-corrected chi connectivity index (χ2v) is 5.86. The fourth-order valence-electron chi connectivity index (χ4n) is 2.45. The molecule has 1 aromatic heterocycles. The Bertz CT molecular complexity index is 849. The Morgan fingerprint density at radius 2 is 1.88 bits per heavy atom. The monoisotopic (exact) mass is 365 g/mol. The summed E-state index contributed by atoms with van der Waals surface area (Å²) in [7, 11) is 3.00. The Morgan fingerprint density at radius 1 is 1.24 bits per heavy atom. The minimum Gasteiger partial charge on any atom is -0.493 e. The van der Waals surface area contributed by atoms with Gasteiger partial charge in [-0.3, -0.25) is 9.59 Å². The number of methoxy groups -OCH3 is 2. The van der Waals surface area contributed by atoms with Gasteiger partial charge in [0.05, 0.1) is 24.9 Å². The van der Waals surface area contributed by atoms with Crippen molar-refractivity contribution in [3.8, 4) is 11.5 Å². The van der Waals surface area contributed by atoms with Crippen LogP contribution in [-0.2, 0) is 11.2 Å². The lowest BCUT2D eigenvalue weighted by Gasteiger charge is -2.12. The first kappa shape index (κ1) is 18.8. The highest BCUT2D eigenvalue weighted by molar-refractivity contribution is 6.34. The number of aromatic amines is 1. The van der Waals surface area contributed by atoms with Crippen molar-refractivity contribution in [1.82, 2.24) is 9.97 Å². The van der Waals surface area contributed by atoms with Crippen LogP contribution in [0.5, 0.6) is 11.5 Å². The number of benzene rings is 1. The number of carbonyl (C=O) groups is 1. The number of aryl methyl sites for hydroxylation is 2. The quantitative estimate of drug-likeness (QED) is 0.820. The van der Waals surface area contributed by atoms with E-state index in [9.17, 15) is 9.59 Å². The molecule has 25 heavy (non-hydrogen) atoms. The summed E-state index contributed by atoms with van der Waals surface area (Å²) < 4.78 is 10.3. The number of hydrogen-bond donors (Lipinski definition) is 2. The van der Waals surface area contributed by atoms with Crippen molar-refractivity contribution in [2.45, 2.75) is 26.7 Å². The number of nitrogens with zero attached hydrogens (tertiary/aromatic N) is 1. The molecule has 0 aliphatic carbocycles. The first-order chi connectivity index (χ1) is 11.8. The zero-order chi connectivity index (χ0) is 18.6. The van der Waals surface area contributed by atoms with Gasteiger partial charge in [0.2, 0.25) is 5.91 Å². The Kier molecular flexibility index (Phi) is 6.03. The Morgan fingerprint density at radius 3 is 2.48 bits per heavy atom. The van der Waals surface area contributed by atoms with Crippen LogP contribution in [0, 0.1) is 13.8 Å². The fourth-order valence-corrected chi connectivity index (χ4v) is 2.65. The second kappa shape index (κ2) is 8.02. The van der Waals surface area contributed by atoms with Crippen molar-refractivity contribution in [3.63, 3.8) is 0 Å². The number of amides is 1. The number of rotatable bonds is 6. The largest absolute Gasteiger partial charge is 0.493 e. The maximum Gasteiger partial charge on any atom is 0.254 e. The zero-order valence-electron chi connectivity index (χ0n) is 14.5. The third-order valence-corrected chi connectivity index (χ3v) is 4.00. The fraction of sp³-hybridized carbons (Fsp3) is 0.353. The average molecular weight is 366 g/mol. The lowest BCUT2D eigenvalue weighted by atomic mass is 10.1. The molecule has 0 radical (unpaired) electrons. The van der Waals surface area contributed by atoms with E-state index < -0.39 is 0 Å². The van der Waals surface area contributed by atoms with Crippen LogP contribution in [0.15, 0.2) is 16.9 Å². The summed E-state index contributed by atoms with van der Waals surface area (Å²) in [6, 6.07) is 3.15. The van der Waals surface area contributed by atoms with E-state index in [1.54, 1.807) is 26.0 Å². The van der Waals surface area contributed by atoms with E-state index in [4.69, 9.17) is 21.1 Å². The van der Waals surface area contributed by atoms with Crippen LogP contribution in [0.2, 0.25) is 5.02 Å². The average Bonchev–Trinajstić information content (AvgIpc) is 2.55. The molecule has 0 atom stereocenters. The Labute approximate surface area is 150 Å². The number of hydrogen-bond acceptors (Lipinski definition) is 5.